The zero-order valence-electron chi connectivity index (χ0n) is 11.6. The Bertz CT molecular complexity index is 657. The number of hydrogen-bond acceptors (Lipinski definition) is 5. The Balaban J connectivity index is 2.35. The third-order valence-electron chi connectivity index (χ3n) is 2.83. The maximum absolute atomic E-state index is 12.1. The second-order valence-electron chi connectivity index (χ2n) is 4.37. The molecule has 6 nitrogen and oxygen atoms in total. The number of anilines is 1. The van der Waals surface area contributed by atoms with Gasteiger partial charge >= 0.3 is 5.69 Å². The predicted octanol–water partition coefficient (Wildman–Crippen LogP) is 1.35. The zero-order chi connectivity index (χ0) is 14.5. The van der Waals surface area contributed by atoms with Gasteiger partial charge < -0.3 is 0 Å². The van der Waals surface area contributed by atoms with Gasteiger partial charge in [0.1, 0.15) is 6.33 Å². The highest BCUT2D eigenvalue weighted by Gasteiger charge is 2.08. The summed E-state index contributed by atoms with van der Waals surface area (Å²) in [5, 5.41) is 0. The summed E-state index contributed by atoms with van der Waals surface area (Å²) in [5.74, 6) is 0.235. The Morgan fingerprint density at radius 3 is 2.65 bits per heavy atom. The van der Waals surface area contributed by atoms with E-state index in [2.05, 4.69) is 27.4 Å². The lowest BCUT2D eigenvalue weighted by Gasteiger charge is -2.12. The lowest BCUT2D eigenvalue weighted by molar-refractivity contribution is 0.811. The van der Waals surface area contributed by atoms with E-state index in [9.17, 15) is 4.79 Å². The van der Waals surface area contributed by atoms with Gasteiger partial charge in [0.25, 0.3) is 0 Å². The second-order valence-corrected chi connectivity index (χ2v) is 4.37. The first-order chi connectivity index (χ1) is 9.63. The molecule has 1 heterocycles. The standard InChI is InChI=1S/C14H17N5O/c1-4-8-16-18-13-15-9-19(14(20)17-13)12-10(2)6-5-7-11(12)3/h4-7,9,16H,1,8H2,2-3H3,(H,17,18,20). The Morgan fingerprint density at radius 2 is 2.05 bits per heavy atom. The fourth-order valence-electron chi connectivity index (χ4n) is 1.94. The number of aryl methyl sites for hydroxylation is 2. The Kier molecular flexibility index (Phi) is 4.27. The first-order valence-corrected chi connectivity index (χ1v) is 6.25. The molecule has 0 aliphatic carbocycles. The van der Waals surface area contributed by atoms with E-state index in [0.29, 0.717) is 6.54 Å². The van der Waals surface area contributed by atoms with Gasteiger partial charge in [0.15, 0.2) is 0 Å². The molecule has 0 saturated carbocycles. The van der Waals surface area contributed by atoms with Crippen LogP contribution >= 0.6 is 0 Å². The van der Waals surface area contributed by atoms with Crippen LogP contribution in [0.25, 0.3) is 5.69 Å². The van der Waals surface area contributed by atoms with Crippen LogP contribution in [0.3, 0.4) is 0 Å². The number of para-hydroxylation sites is 1. The first-order valence-electron chi connectivity index (χ1n) is 6.25. The van der Waals surface area contributed by atoms with Crippen LogP contribution in [0.15, 0.2) is 42.0 Å². The molecule has 2 rings (SSSR count). The molecular weight excluding hydrogens is 254 g/mol. The number of hydrogen-bond donors (Lipinski definition) is 2. The van der Waals surface area contributed by atoms with Gasteiger partial charge in [0.05, 0.1) is 5.69 Å². The van der Waals surface area contributed by atoms with Gasteiger partial charge in [-0.25, -0.2) is 15.2 Å². The van der Waals surface area contributed by atoms with E-state index < -0.39 is 0 Å². The summed E-state index contributed by atoms with van der Waals surface area (Å²) >= 11 is 0. The molecule has 2 N–H and O–H groups in total. The fraction of sp³-hybridized carbons (Fsp3) is 0.214. The molecule has 2 aromatic rings. The van der Waals surface area contributed by atoms with Crippen LogP contribution in [-0.4, -0.2) is 21.1 Å². The topological polar surface area (TPSA) is 71.8 Å². The molecule has 0 unspecified atom stereocenters. The van der Waals surface area contributed by atoms with E-state index in [-0.39, 0.29) is 11.6 Å². The van der Waals surface area contributed by atoms with Crippen molar-refractivity contribution < 1.29 is 0 Å². The summed E-state index contributed by atoms with van der Waals surface area (Å²) in [7, 11) is 0. The summed E-state index contributed by atoms with van der Waals surface area (Å²) in [5.41, 5.74) is 8.01. The van der Waals surface area contributed by atoms with Crippen LogP contribution in [0.5, 0.6) is 0 Å². The van der Waals surface area contributed by atoms with Crippen molar-refractivity contribution in [3.63, 3.8) is 0 Å². The van der Waals surface area contributed by atoms with Gasteiger partial charge in [-0.15, -0.1) is 6.58 Å². The van der Waals surface area contributed by atoms with Crippen LogP contribution in [0, 0.1) is 13.8 Å². The minimum Gasteiger partial charge on any atom is -0.289 e. The van der Waals surface area contributed by atoms with Crippen molar-refractivity contribution in [3.05, 3.63) is 58.8 Å². The number of nitrogens with one attached hydrogen (secondary N) is 2. The average Bonchev–Trinajstić information content (AvgIpc) is 2.41. The summed E-state index contributed by atoms with van der Waals surface area (Å²) in [6, 6.07) is 5.86. The van der Waals surface area contributed by atoms with E-state index in [1.807, 2.05) is 32.0 Å². The summed E-state index contributed by atoms with van der Waals surface area (Å²) in [4.78, 5) is 20.1. The molecular formula is C14H17N5O. The van der Waals surface area contributed by atoms with Crippen molar-refractivity contribution in [3.8, 4) is 5.69 Å². The molecule has 1 aromatic heterocycles. The normalized spacial score (nSPS) is 10.3. The third kappa shape index (κ3) is 2.92. The Labute approximate surface area is 117 Å². The van der Waals surface area contributed by atoms with Crippen LogP contribution < -0.4 is 16.5 Å². The first kappa shape index (κ1) is 14.0. The monoisotopic (exact) mass is 271 g/mol. The van der Waals surface area contributed by atoms with Gasteiger partial charge in [-0.1, -0.05) is 24.3 Å². The Morgan fingerprint density at radius 1 is 1.35 bits per heavy atom. The molecule has 20 heavy (non-hydrogen) atoms. The van der Waals surface area contributed by atoms with Gasteiger partial charge in [-0.2, -0.15) is 4.98 Å². The molecule has 0 spiro atoms. The summed E-state index contributed by atoms with van der Waals surface area (Å²) < 4.78 is 1.45. The maximum Gasteiger partial charge on any atom is 0.356 e. The van der Waals surface area contributed by atoms with Gasteiger partial charge in [0.2, 0.25) is 5.95 Å². The van der Waals surface area contributed by atoms with Gasteiger partial charge in [-0.05, 0) is 25.0 Å². The van der Waals surface area contributed by atoms with Crippen molar-refractivity contribution in [1.82, 2.24) is 20.0 Å². The Hall–Kier alpha value is -2.47. The van der Waals surface area contributed by atoms with E-state index in [4.69, 9.17) is 0 Å². The molecule has 0 aliphatic heterocycles. The highest BCUT2D eigenvalue weighted by molar-refractivity contribution is 5.46. The lowest BCUT2D eigenvalue weighted by atomic mass is 10.1. The quantitative estimate of drug-likeness (QED) is 0.488. The third-order valence-corrected chi connectivity index (χ3v) is 2.83. The zero-order valence-corrected chi connectivity index (χ0v) is 11.6. The summed E-state index contributed by atoms with van der Waals surface area (Å²) in [6.07, 6.45) is 3.16. The second kappa shape index (κ2) is 6.12. The highest BCUT2D eigenvalue weighted by atomic mass is 16.1. The predicted molar refractivity (Wildman–Crippen MR) is 78.9 cm³/mol. The molecule has 6 heteroatoms. The maximum atomic E-state index is 12.1. The number of nitrogens with zero attached hydrogens (tertiary/aromatic N) is 3. The SMILES string of the molecule is C=CCNNc1ncn(-c2c(C)cccc2C)c(=O)n1. The van der Waals surface area contributed by atoms with E-state index in [0.717, 1.165) is 16.8 Å². The fourth-order valence-corrected chi connectivity index (χ4v) is 1.94. The van der Waals surface area contributed by atoms with E-state index in [1.165, 1.54) is 10.9 Å². The summed E-state index contributed by atoms with van der Waals surface area (Å²) in [6.45, 7) is 8.02. The van der Waals surface area contributed by atoms with Crippen LogP contribution in [0.2, 0.25) is 0 Å². The number of hydrazine groups is 1. The van der Waals surface area contributed by atoms with Crippen molar-refractivity contribution in [2.24, 2.45) is 0 Å². The van der Waals surface area contributed by atoms with Crippen molar-refractivity contribution in [1.29, 1.82) is 0 Å². The van der Waals surface area contributed by atoms with Crippen molar-refractivity contribution in [2.45, 2.75) is 13.8 Å². The average molecular weight is 271 g/mol. The van der Waals surface area contributed by atoms with Gasteiger partial charge in [0, 0.05) is 6.54 Å². The van der Waals surface area contributed by atoms with E-state index in [1.54, 1.807) is 6.08 Å². The smallest absolute Gasteiger partial charge is 0.289 e. The van der Waals surface area contributed by atoms with Crippen LogP contribution in [0.1, 0.15) is 11.1 Å². The molecule has 0 fully saturated rings. The molecule has 0 aliphatic rings. The molecule has 0 radical (unpaired) electrons. The van der Waals surface area contributed by atoms with Gasteiger partial charge in [-0.3, -0.25) is 9.99 Å². The van der Waals surface area contributed by atoms with Crippen LogP contribution in [0.4, 0.5) is 5.95 Å². The van der Waals surface area contributed by atoms with E-state index >= 15 is 0 Å². The molecule has 1 aromatic carbocycles. The molecule has 104 valence electrons. The molecule has 0 atom stereocenters. The molecule has 0 bridgehead atoms. The molecule has 0 saturated heterocycles. The van der Waals surface area contributed by atoms with Crippen LogP contribution in [-0.2, 0) is 0 Å². The largest absolute Gasteiger partial charge is 0.356 e. The number of aromatic nitrogens is 3. The van der Waals surface area contributed by atoms with Crippen molar-refractivity contribution >= 4 is 5.95 Å². The minimum absolute atomic E-state index is 0.235. The highest BCUT2D eigenvalue weighted by Crippen LogP contribution is 2.16. The van der Waals surface area contributed by atoms with Crippen molar-refractivity contribution in [2.75, 3.05) is 12.0 Å². The number of rotatable bonds is 5. The number of benzene rings is 1. The lowest BCUT2D eigenvalue weighted by Crippen LogP contribution is -2.29. The minimum atomic E-state index is -0.375. The molecule has 0 amide bonds.